The number of aromatic nitrogens is 1. The molecule has 6 heteroatoms. The predicted molar refractivity (Wildman–Crippen MR) is 112 cm³/mol. The zero-order valence-corrected chi connectivity index (χ0v) is 15.9. The minimum Gasteiger partial charge on any atom is -0.361 e. The Kier molecular flexibility index (Phi) is 5.55. The molecule has 148 valence electrons. The van der Waals surface area contributed by atoms with E-state index >= 15 is 0 Å². The largest absolute Gasteiger partial charge is 0.361 e. The molecule has 1 amide bonds. The van der Waals surface area contributed by atoms with E-state index in [-0.39, 0.29) is 5.82 Å². The van der Waals surface area contributed by atoms with Gasteiger partial charge in [-0.3, -0.25) is 14.9 Å². The molecule has 5 nitrogen and oxygen atoms in total. The lowest BCUT2D eigenvalue weighted by molar-refractivity contribution is -0.124. The van der Waals surface area contributed by atoms with E-state index < -0.39 is 5.91 Å². The van der Waals surface area contributed by atoms with Crippen molar-refractivity contribution in [3.8, 4) is 0 Å². The number of hydrogen-bond donors (Lipinski definition) is 3. The third kappa shape index (κ3) is 4.29. The number of nitrogens with zero attached hydrogens (tertiary/aromatic N) is 1. The van der Waals surface area contributed by atoms with Crippen LogP contribution >= 0.6 is 0 Å². The van der Waals surface area contributed by atoms with Gasteiger partial charge < -0.3 is 4.98 Å². The minimum atomic E-state index is -0.653. The fraction of sp³-hybridized carbons (Fsp3) is 0.174. The van der Waals surface area contributed by atoms with Crippen molar-refractivity contribution in [1.29, 1.82) is 0 Å². The molecule has 0 aliphatic carbocycles. The molecule has 4 rings (SSSR count). The number of hydrogen-bond acceptors (Lipinski definition) is 3. The van der Waals surface area contributed by atoms with Crippen molar-refractivity contribution >= 4 is 28.5 Å². The third-order valence-electron chi connectivity index (χ3n) is 5.17. The van der Waals surface area contributed by atoms with Crippen LogP contribution in [0.1, 0.15) is 23.1 Å². The van der Waals surface area contributed by atoms with E-state index in [0.717, 1.165) is 31.1 Å². The quantitative estimate of drug-likeness (QED) is 0.348. The van der Waals surface area contributed by atoms with E-state index in [4.69, 9.17) is 5.21 Å². The van der Waals surface area contributed by atoms with E-state index in [1.54, 1.807) is 12.1 Å². The Bertz CT molecular complexity index is 1100. The van der Waals surface area contributed by atoms with Crippen molar-refractivity contribution in [1.82, 2.24) is 15.4 Å². The van der Waals surface area contributed by atoms with Crippen LogP contribution in [0.3, 0.4) is 0 Å². The van der Waals surface area contributed by atoms with E-state index in [2.05, 4.69) is 28.1 Å². The van der Waals surface area contributed by atoms with Crippen molar-refractivity contribution < 1.29 is 14.4 Å². The molecular weight excluding hydrogens is 369 g/mol. The topological polar surface area (TPSA) is 68.4 Å². The van der Waals surface area contributed by atoms with Gasteiger partial charge in [0.25, 0.3) is 5.91 Å². The summed E-state index contributed by atoms with van der Waals surface area (Å²) in [5.74, 6) is -0.959. The number of carbonyl (C=O) groups is 1. The molecule has 3 aromatic rings. The average molecular weight is 391 g/mol. The normalized spacial score (nSPS) is 15.0. The SMILES string of the molecule is O=C(C=Cc1ccc(CN2CCC=C(c3c[nH]c4ccccc34)C2)c(F)c1)NO. The summed E-state index contributed by atoms with van der Waals surface area (Å²) in [6.45, 7) is 2.16. The number of carbonyl (C=O) groups excluding carboxylic acids is 1. The van der Waals surface area contributed by atoms with Gasteiger partial charge in [-0.1, -0.05) is 36.4 Å². The number of H-pyrrole nitrogens is 1. The van der Waals surface area contributed by atoms with Gasteiger partial charge in [0.05, 0.1) is 0 Å². The highest BCUT2D eigenvalue weighted by molar-refractivity contribution is 5.93. The molecule has 2 heterocycles. The van der Waals surface area contributed by atoms with Gasteiger partial charge in [0.15, 0.2) is 0 Å². The summed E-state index contributed by atoms with van der Waals surface area (Å²) < 4.78 is 14.6. The van der Waals surface area contributed by atoms with Gasteiger partial charge in [-0.15, -0.1) is 0 Å². The lowest BCUT2D eigenvalue weighted by Gasteiger charge is -2.27. The molecular formula is C23H22FN3O2. The van der Waals surface area contributed by atoms with Gasteiger partial charge in [-0.2, -0.15) is 0 Å². The third-order valence-corrected chi connectivity index (χ3v) is 5.17. The number of halogens is 1. The van der Waals surface area contributed by atoms with Gasteiger partial charge >= 0.3 is 0 Å². The predicted octanol–water partition coefficient (Wildman–Crippen LogP) is 4.11. The number of fused-ring (bicyclic) bond motifs is 1. The Hall–Kier alpha value is -3.22. The number of hydroxylamine groups is 1. The second-order valence-corrected chi connectivity index (χ2v) is 7.14. The highest BCUT2D eigenvalue weighted by Gasteiger charge is 2.18. The molecule has 0 atom stereocenters. The highest BCUT2D eigenvalue weighted by Crippen LogP contribution is 2.28. The molecule has 29 heavy (non-hydrogen) atoms. The Balaban J connectivity index is 1.47. The summed E-state index contributed by atoms with van der Waals surface area (Å²) in [6, 6.07) is 13.1. The summed E-state index contributed by atoms with van der Waals surface area (Å²) in [7, 11) is 0. The van der Waals surface area contributed by atoms with Gasteiger partial charge in [-0.25, -0.2) is 9.87 Å². The molecule has 1 aromatic heterocycles. The summed E-state index contributed by atoms with van der Waals surface area (Å²) in [6.07, 6.45) is 7.84. The van der Waals surface area contributed by atoms with Crippen LogP contribution in [0.5, 0.6) is 0 Å². The number of amides is 1. The Morgan fingerprint density at radius 1 is 1.28 bits per heavy atom. The first-order chi connectivity index (χ1) is 14.1. The first-order valence-electron chi connectivity index (χ1n) is 9.52. The van der Waals surface area contributed by atoms with Gasteiger partial charge in [0.2, 0.25) is 0 Å². The van der Waals surface area contributed by atoms with Crippen LogP contribution < -0.4 is 5.48 Å². The van der Waals surface area contributed by atoms with Crippen LogP contribution in [0.25, 0.3) is 22.6 Å². The maximum absolute atomic E-state index is 14.6. The summed E-state index contributed by atoms with van der Waals surface area (Å²) >= 11 is 0. The zero-order valence-electron chi connectivity index (χ0n) is 15.9. The van der Waals surface area contributed by atoms with E-state index in [9.17, 15) is 9.18 Å². The number of rotatable bonds is 5. The molecule has 0 bridgehead atoms. The van der Waals surface area contributed by atoms with E-state index in [1.807, 2.05) is 18.3 Å². The van der Waals surface area contributed by atoms with E-state index in [0.29, 0.717) is 17.7 Å². The molecule has 2 aromatic carbocycles. The summed E-state index contributed by atoms with van der Waals surface area (Å²) in [5.41, 5.74) is 6.26. The molecule has 0 saturated carbocycles. The smallest absolute Gasteiger partial charge is 0.267 e. The molecule has 1 aliphatic rings. The lowest BCUT2D eigenvalue weighted by atomic mass is 10.00. The van der Waals surface area contributed by atoms with Crippen molar-refractivity contribution in [3.63, 3.8) is 0 Å². The Morgan fingerprint density at radius 3 is 2.97 bits per heavy atom. The maximum atomic E-state index is 14.6. The van der Waals surface area contributed by atoms with Crippen LogP contribution in [0, 0.1) is 5.82 Å². The first kappa shape index (κ1) is 19.1. The first-order valence-corrected chi connectivity index (χ1v) is 9.52. The molecule has 0 unspecified atom stereocenters. The summed E-state index contributed by atoms with van der Waals surface area (Å²) in [5, 5.41) is 9.71. The molecule has 0 saturated heterocycles. The van der Waals surface area contributed by atoms with Crippen molar-refractivity contribution in [2.24, 2.45) is 0 Å². The van der Waals surface area contributed by atoms with Gasteiger partial charge in [0, 0.05) is 53.9 Å². The van der Waals surface area contributed by atoms with Crippen molar-refractivity contribution in [2.75, 3.05) is 13.1 Å². The minimum absolute atomic E-state index is 0.306. The highest BCUT2D eigenvalue weighted by atomic mass is 19.1. The maximum Gasteiger partial charge on any atom is 0.267 e. The number of benzene rings is 2. The fourth-order valence-corrected chi connectivity index (χ4v) is 3.72. The van der Waals surface area contributed by atoms with Crippen LogP contribution in [-0.2, 0) is 11.3 Å². The molecule has 3 N–H and O–H groups in total. The second kappa shape index (κ2) is 8.43. The zero-order chi connectivity index (χ0) is 20.2. The second-order valence-electron chi connectivity index (χ2n) is 7.14. The lowest BCUT2D eigenvalue weighted by Crippen LogP contribution is -2.29. The Labute approximate surface area is 168 Å². The average Bonchev–Trinajstić information content (AvgIpc) is 3.18. The van der Waals surface area contributed by atoms with Crippen LogP contribution in [0.2, 0.25) is 0 Å². The molecule has 1 aliphatic heterocycles. The number of para-hydroxylation sites is 1. The molecule has 0 radical (unpaired) electrons. The monoisotopic (exact) mass is 391 g/mol. The number of nitrogens with one attached hydrogen (secondary N) is 2. The van der Waals surface area contributed by atoms with Crippen molar-refractivity contribution in [3.05, 3.63) is 83.3 Å². The van der Waals surface area contributed by atoms with Gasteiger partial charge in [-0.05, 0) is 35.8 Å². The van der Waals surface area contributed by atoms with Crippen molar-refractivity contribution in [2.45, 2.75) is 13.0 Å². The summed E-state index contributed by atoms with van der Waals surface area (Å²) in [4.78, 5) is 16.6. The Morgan fingerprint density at radius 2 is 2.14 bits per heavy atom. The standard InChI is InChI=1S/C23H22FN3O2/c24-21-12-16(8-10-23(28)26-29)7-9-18(21)15-27-11-3-4-17(14-27)20-13-25-22-6-2-1-5-19(20)22/h1-2,4-10,12-13,25,29H,3,11,14-15H2,(H,26,28). The molecule has 0 fully saturated rings. The fourth-order valence-electron chi connectivity index (χ4n) is 3.72. The van der Waals surface area contributed by atoms with Crippen LogP contribution in [0.15, 0.2) is 60.8 Å². The molecule has 0 spiro atoms. The number of aromatic amines is 1. The van der Waals surface area contributed by atoms with Crippen LogP contribution in [0.4, 0.5) is 4.39 Å². The van der Waals surface area contributed by atoms with Crippen LogP contribution in [-0.4, -0.2) is 34.1 Å². The van der Waals surface area contributed by atoms with E-state index in [1.165, 1.54) is 34.1 Å². The van der Waals surface area contributed by atoms with Gasteiger partial charge in [0.1, 0.15) is 5.82 Å².